The maximum atomic E-state index is 11.9. The van der Waals surface area contributed by atoms with Gasteiger partial charge < -0.3 is 15.1 Å². The molecule has 0 bridgehead atoms. The van der Waals surface area contributed by atoms with Crippen molar-refractivity contribution in [3.8, 4) is 0 Å². The van der Waals surface area contributed by atoms with E-state index in [1.54, 1.807) is 6.26 Å². The Balaban J connectivity index is 1.45. The molecular formula is C13H18N2O2. The van der Waals surface area contributed by atoms with E-state index in [1.807, 2.05) is 17.0 Å². The largest absolute Gasteiger partial charge is 0.469 e. The lowest BCUT2D eigenvalue weighted by molar-refractivity contribution is -0.139. The first kappa shape index (κ1) is 10.8. The molecule has 1 saturated carbocycles. The monoisotopic (exact) mass is 234 g/mol. The first-order chi connectivity index (χ1) is 8.17. The minimum Gasteiger partial charge on any atom is -0.469 e. The minimum atomic E-state index is -0.0691. The number of amides is 1. The topological polar surface area (TPSA) is 59.5 Å². The number of nitrogens with zero attached hydrogens (tertiary/aromatic N) is 1. The van der Waals surface area contributed by atoms with Crippen molar-refractivity contribution >= 4 is 5.91 Å². The summed E-state index contributed by atoms with van der Waals surface area (Å²) in [5, 5.41) is 0. The van der Waals surface area contributed by atoms with E-state index in [-0.39, 0.29) is 11.4 Å². The number of hydrogen-bond donors (Lipinski definition) is 1. The second-order valence-electron chi connectivity index (χ2n) is 5.34. The Hall–Kier alpha value is -1.29. The smallest absolute Gasteiger partial charge is 0.223 e. The normalized spacial score (nSPS) is 22.3. The van der Waals surface area contributed by atoms with Gasteiger partial charge in [0.2, 0.25) is 5.91 Å². The number of carbonyl (C=O) groups is 1. The minimum absolute atomic E-state index is 0.0691. The zero-order valence-electron chi connectivity index (χ0n) is 9.89. The van der Waals surface area contributed by atoms with Crippen LogP contribution in [0.4, 0.5) is 0 Å². The van der Waals surface area contributed by atoms with Crippen LogP contribution in [-0.4, -0.2) is 29.4 Å². The third-order valence-corrected chi connectivity index (χ3v) is 3.88. The molecule has 0 spiro atoms. The Bertz CT molecular complexity index is 403. The second kappa shape index (κ2) is 3.88. The van der Waals surface area contributed by atoms with Crippen molar-refractivity contribution in [2.45, 2.75) is 31.2 Å². The zero-order chi connectivity index (χ0) is 11.9. The molecule has 4 nitrogen and oxygen atoms in total. The molecule has 4 heteroatoms. The van der Waals surface area contributed by atoms with Gasteiger partial charge >= 0.3 is 0 Å². The molecule has 0 unspecified atom stereocenters. The van der Waals surface area contributed by atoms with Crippen LogP contribution in [0, 0.1) is 5.92 Å². The fourth-order valence-electron chi connectivity index (χ4n) is 2.60. The van der Waals surface area contributed by atoms with Crippen LogP contribution in [-0.2, 0) is 11.2 Å². The van der Waals surface area contributed by atoms with Crippen LogP contribution < -0.4 is 5.73 Å². The van der Waals surface area contributed by atoms with Crippen LogP contribution in [0.3, 0.4) is 0 Å². The number of rotatable bonds is 4. The van der Waals surface area contributed by atoms with Crippen LogP contribution >= 0.6 is 0 Å². The predicted molar refractivity (Wildman–Crippen MR) is 63.3 cm³/mol. The highest BCUT2D eigenvalue weighted by Crippen LogP contribution is 2.43. The van der Waals surface area contributed by atoms with Crippen molar-refractivity contribution in [3.63, 3.8) is 0 Å². The molecule has 2 heterocycles. The number of carbonyl (C=O) groups excluding carboxylic acids is 1. The highest BCUT2D eigenvalue weighted by atomic mass is 16.3. The van der Waals surface area contributed by atoms with Gasteiger partial charge in [0.05, 0.1) is 11.8 Å². The molecule has 1 aliphatic heterocycles. The summed E-state index contributed by atoms with van der Waals surface area (Å²) in [5.74, 6) is 1.74. The number of furan rings is 1. The Morgan fingerprint density at radius 2 is 2.29 bits per heavy atom. The van der Waals surface area contributed by atoms with E-state index < -0.39 is 0 Å². The average molecular weight is 234 g/mol. The van der Waals surface area contributed by atoms with E-state index >= 15 is 0 Å². The first-order valence-electron chi connectivity index (χ1n) is 6.26. The summed E-state index contributed by atoms with van der Waals surface area (Å²) in [7, 11) is 0. The van der Waals surface area contributed by atoms with Crippen LogP contribution in [0.2, 0.25) is 0 Å². The molecule has 3 rings (SSSR count). The number of aryl methyl sites for hydroxylation is 1. The molecular weight excluding hydrogens is 216 g/mol. The van der Waals surface area contributed by atoms with Crippen LogP contribution in [0.15, 0.2) is 22.8 Å². The van der Waals surface area contributed by atoms with Gasteiger partial charge in [0.25, 0.3) is 0 Å². The van der Waals surface area contributed by atoms with Crippen molar-refractivity contribution in [1.82, 2.24) is 4.90 Å². The van der Waals surface area contributed by atoms with Crippen molar-refractivity contribution in [2.24, 2.45) is 11.7 Å². The molecule has 0 aromatic carbocycles. The second-order valence-corrected chi connectivity index (χ2v) is 5.34. The van der Waals surface area contributed by atoms with E-state index in [0.717, 1.165) is 18.8 Å². The van der Waals surface area contributed by atoms with Gasteiger partial charge in [0.1, 0.15) is 5.76 Å². The number of nitrogens with two attached hydrogens (primary N) is 1. The molecule has 1 aromatic heterocycles. The lowest BCUT2D eigenvalue weighted by Crippen LogP contribution is -2.69. The first-order valence-corrected chi connectivity index (χ1v) is 6.26. The van der Waals surface area contributed by atoms with E-state index in [4.69, 9.17) is 10.2 Å². The van der Waals surface area contributed by atoms with Crippen LogP contribution in [0.25, 0.3) is 0 Å². The Kier molecular flexibility index (Phi) is 2.47. The third kappa shape index (κ3) is 2.09. The molecule has 2 fully saturated rings. The van der Waals surface area contributed by atoms with Gasteiger partial charge in [-0.05, 0) is 30.9 Å². The zero-order valence-corrected chi connectivity index (χ0v) is 9.89. The maximum absolute atomic E-state index is 11.9. The number of hydrogen-bond acceptors (Lipinski definition) is 3. The maximum Gasteiger partial charge on any atom is 0.223 e. The van der Waals surface area contributed by atoms with E-state index in [1.165, 1.54) is 12.8 Å². The quantitative estimate of drug-likeness (QED) is 0.850. The van der Waals surface area contributed by atoms with Crippen molar-refractivity contribution in [3.05, 3.63) is 24.2 Å². The van der Waals surface area contributed by atoms with Gasteiger partial charge in [-0.15, -0.1) is 0 Å². The van der Waals surface area contributed by atoms with Gasteiger partial charge in [0, 0.05) is 25.9 Å². The molecule has 0 atom stereocenters. The van der Waals surface area contributed by atoms with Crippen molar-refractivity contribution < 1.29 is 9.21 Å². The molecule has 1 aliphatic carbocycles. The van der Waals surface area contributed by atoms with E-state index in [9.17, 15) is 4.79 Å². The van der Waals surface area contributed by atoms with E-state index in [0.29, 0.717) is 18.8 Å². The summed E-state index contributed by atoms with van der Waals surface area (Å²) in [5.41, 5.74) is 6.15. The Morgan fingerprint density at radius 1 is 1.53 bits per heavy atom. The fraction of sp³-hybridized carbons (Fsp3) is 0.615. The van der Waals surface area contributed by atoms with Gasteiger partial charge in [-0.3, -0.25) is 4.79 Å². The van der Waals surface area contributed by atoms with Crippen LogP contribution in [0.1, 0.15) is 25.0 Å². The summed E-state index contributed by atoms with van der Waals surface area (Å²) in [4.78, 5) is 13.8. The highest BCUT2D eigenvalue weighted by molar-refractivity contribution is 5.77. The summed E-state index contributed by atoms with van der Waals surface area (Å²) in [6.07, 6.45) is 5.33. The third-order valence-electron chi connectivity index (χ3n) is 3.88. The lowest BCUT2D eigenvalue weighted by atomic mass is 9.85. The molecule has 0 radical (unpaired) electrons. The number of likely N-dealkylation sites (tertiary alicyclic amines) is 1. The van der Waals surface area contributed by atoms with Crippen molar-refractivity contribution in [2.75, 3.05) is 13.1 Å². The molecule has 1 saturated heterocycles. The van der Waals surface area contributed by atoms with Gasteiger partial charge in [0.15, 0.2) is 0 Å². The molecule has 1 amide bonds. The molecule has 1 aromatic rings. The van der Waals surface area contributed by atoms with E-state index in [2.05, 4.69) is 0 Å². The predicted octanol–water partition coefficient (Wildman–Crippen LogP) is 1.16. The highest BCUT2D eigenvalue weighted by Gasteiger charge is 2.51. The van der Waals surface area contributed by atoms with Gasteiger partial charge in [-0.1, -0.05) is 0 Å². The molecule has 2 N–H and O–H groups in total. The summed E-state index contributed by atoms with van der Waals surface area (Å²) >= 11 is 0. The summed E-state index contributed by atoms with van der Waals surface area (Å²) in [6, 6.07) is 3.75. The lowest BCUT2D eigenvalue weighted by Gasteiger charge is -2.48. The summed E-state index contributed by atoms with van der Waals surface area (Å²) < 4.78 is 5.21. The van der Waals surface area contributed by atoms with Gasteiger partial charge in [-0.25, -0.2) is 0 Å². The molecule has 2 aliphatic rings. The van der Waals surface area contributed by atoms with Crippen LogP contribution in [0.5, 0.6) is 0 Å². The molecule has 92 valence electrons. The summed E-state index contributed by atoms with van der Waals surface area (Å²) in [6.45, 7) is 1.49. The Morgan fingerprint density at radius 3 is 2.88 bits per heavy atom. The van der Waals surface area contributed by atoms with Crippen molar-refractivity contribution in [1.29, 1.82) is 0 Å². The Labute approximate surface area is 101 Å². The standard InChI is InChI=1S/C13H18N2O2/c14-13(10-3-4-10)8-15(9-13)12(16)6-5-11-2-1-7-17-11/h1-2,7,10H,3-6,8-9,14H2. The molecule has 17 heavy (non-hydrogen) atoms. The SMILES string of the molecule is NC1(C2CC2)CN(C(=O)CCc2ccco2)C1. The average Bonchev–Trinajstić information content (AvgIpc) is 3.00. The fourth-order valence-corrected chi connectivity index (χ4v) is 2.60. The van der Waals surface area contributed by atoms with Gasteiger partial charge in [-0.2, -0.15) is 0 Å².